The predicted molar refractivity (Wildman–Crippen MR) is 92.8 cm³/mol. The molecule has 0 unspecified atom stereocenters. The highest BCUT2D eigenvalue weighted by Crippen LogP contribution is 2.47. The first-order valence-corrected chi connectivity index (χ1v) is 8.21. The molecular weight excluding hydrogens is 330 g/mol. The van der Waals surface area contributed by atoms with Crippen LogP contribution in [0.1, 0.15) is 22.8 Å². The van der Waals surface area contributed by atoms with Crippen molar-refractivity contribution < 1.29 is 19.0 Å². The van der Waals surface area contributed by atoms with E-state index in [0.29, 0.717) is 29.5 Å². The number of anilines is 2. The summed E-state index contributed by atoms with van der Waals surface area (Å²) in [6.07, 6.45) is 0.324. The lowest BCUT2D eigenvalue weighted by molar-refractivity contribution is -0.116. The highest BCUT2D eigenvalue weighted by atomic mass is 32.1. The second-order valence-corrected chi connectivity index (χ2v) is 6.27. The summed E-state index contributed by atoms with van der Waals surface area (Å²) in [6.45, 7) is 0. The first kappa shape index (κ1) is 16.4. The molecule has 128 valence electrons. The Labute approximate surface area is 143 Å². The summed E-state index contributed by atoms with van der Waals surface area (Å²) in [5.74, 6) is 2.21. The molecule has 0 saturated heterocycles. The fourth-order valence-electron chi connectivity index (χ4n) is 2.80. The van der Waals surface area contributed by atoms with Gasteiger partial charge in [0.25, 0.3) is 0 Å². The van der Waals surface area contributed by atoms with Gasteiger partial charge in [-0.15, -0.1) is 0 Å². The lowest BCUT2D eigenvalue weighted by Gasteiger charge is -2.24. The molecule has 0 radical (unpaired) electrons. The number of nitrogens with zero attached hydrogens (tertiary/aromatic N) is 1. The Morgan fingerprint density at radius 1 is 1.17 bits per heavy atom. The van der Waals surface area contributed by atoms with Crippen LogP contribution in [-0.4, -0.2) is 39.3 Å². The maximum absolute atomic E-state index is 12.1. The van der Waals surface area contributed by atoms with Crippen molar-refractivity contribution >= 4 is 28.2 Å². The standard InChI is InChI=1S/C16H19N3O4S/c1-17-16-19-15-14(24-16)9(6-13(20)18-15)8-5-11(22-3)12(23-4)7-10(8)21-2/h5,7,9H,6H2,1-4H3,(H,17,19)(H,18,20)/t9-/m1/s1. The van der Waals surface area contributed by atoms with Crippen LogP contribution in [0.2, 0.25) is 0 Å². The quantitative estimate of drug-likeness (QED) is 0.864. The summed E-state index contributed by atoms with van der Waals surface area (Å²) in [4.78, 5) is 17.5. The van der Waals surface area contributed by atoms with Gasteiger partial charge in [0, 0.05) is 31.0 Å². The Balaban J connectivity index is 2.14. The molecule has 1 atom stereocenters. The Hall–Kier alpha value is -2.48. The van der Waals surface area contributed by atoms with E-state index in [-0.39, 0.29) is 11.8 Å². The van der Waals surface area contributed by atoms with Crippen molar-refractivity contribution in [1.82, 2.24) is 4.98 Å². The third-order valence-electron chi connectivity index (χ3n) is 3.94. The number of benzene rings is 1. The van der Waals surface area contributed by atoms with Crippen molar-refractivity contribution in [2.45, 2.75) is 12.3 Å². The molecule has 1 aliphatic rings. The molecule has 7 nitrogen and oxygen atoms in total. The van der Waals surface area contributed by atoms with E-state index in [1.165, 1.54) is 11.3 Å². The van der Waals surface area contributed by atoms with E-state index in [1.807, 2.05) is 6.07 Å². The zero-order chi connectivity index (χ0) is 17.3. The monoisotopic (exact) mass is 349 g/mol. The van der Waals surface area contributed by atoms with Crippen molar-refractivity contribution in [3.63, 3.8) is 0 Å². The predicted octanol–water partition coefficient (Wildman–Crippen LogP) is 2.68. The van der Waals surface area contributed by atoms with E-state index in [0.717, 1.165) is 15.6 Å². The lowest BCUT2D eigenvalue weighted by Crippen LogP contribution is -2.23. The van der Waals surface area contributed by atoms with Crippen LogP contribution in [-0.2, 0) is 4.79 Å². The van der Waals surface area contributed by atoms with Crippen molar-refractivity contribution in [2.24, 2.45) is 0 Å². The molecule has 24 heavy (non-hydrogen) atoms. The Bertz CT molecular complexity index is 775. The number of hydrogen-bond acceptors (Lipinski definition) is 7. The number of carbonyl (C=O) groups is 1. The van der Waals surface area contributed by atoms with Crippen molar-refractivity contribution in [2.75, 3.05) is 39.0 Å². The minimum atomic E-state index is -0.150. The van der Waals surface area contributed by atoms with E-state index in [4.69, 9.17) is 14.2 Å². The van der Waals surface area contributed by atoms with E-state index >= 15 is 0 Å². The van der Waals surface area contributed by atoms with Gasteiger partial charge in [-0.05, 0) is 6.07 Å². The van der Waals surface area contributed by atoms with Crippen LogP contribution in [0.25, 0.3) is 0 Å². The van der Waals surface area contributed by atoms with Gasteiger partial charge in [-0.25, -0.2) is 4.98 Å². The van der Waals surface area contributed by atoms with Crippen LogP contribution < -0.4 is 24.8 Å². The van der Waals surface area contributed by atoms with E-state index in [2.05, 4.69) is 15.6 Å². The Kier molecular flexibility index (Phi) is 4.48. The van der Waals surface area contributed by atoms with Gasteiger partial charge in [-0.1, -0.05) is 11.3 Å². The van der Waals surface area contributed by atoms with Gasteiger partial charge in [0.15, 0.2) is 16.6 Å². The molecule has 0 fully saturated rings. The molecule has 1 amide bonds. The zero-order valence-electron chi connectivity index (χ0n) is 13.9. The minimum absolute atomic E-state index is 0.0720. The van der Waals surface area contributed by atoms with E-state index in [1.54, 1.807) is 34.4 Å². The van der Waals surface area contributed by atoms with Crippen LogP contribution in [0.3, 0.4) is 0 Å². The second-order valence-electron chi connectivity index (χ2n) is 5.24. The van der Waals surface area contributed by atoms with Crippen molar-refractivity contribution in [1.29, 1.82) is 0 Å². The average molecular weight is 349 g/mol. The summed E-state index contributed by atoms with van der Waals surface area (Å²) < 4.78 is 16.3. The molecule has 3 rings (SSSR count). The fraction of sp³-hybridized carbons (Fsp3) is 0.375. The first-order chi connectivity index (χ1) is 11.6. The molecule has 1 aliphatic heterocycles. The summed E-state index contributed by atoms with van der Waals surface area (Å²) in [5, 5.41) is 6.60. The van der Waals surface area contributed by atoms with Crippen LogP contribution in [0.5, 0.6) is 17.2 Å². The van der Waals surface area contributed by atoms with Crippen molar-refractivity contribution in [3.05, 3.63) is 22.6 Å². The van der Waals surface area contributed by atoms with Crippen molar-refractivity contribution in [3.8, 4) is 17.2 Å². The number of thiazole rings is 1. The molecule has 2 heterocycles. The molecule has 2 aromatic rings. The summed E-state index contributed by atoms with van der Waals surface area (Å²) in [5.41, 5.74) is 0.873. The van der Waals surface area contributed by atoms with Gasteiger partial charge in [-0.3, -0.25) is 4.79 Å². The van der Waals surface area contributed by atoms with E-state index in [9.17, 15) is 4.79 Å². The normalized spacial score (nSPS) is 16.2. The second kappa shape index (κ2) is 6.56. The SMILES string of the molecule is CNc1nc2c(s1)[C@@H](c1cc(OC)c(OC)cc1OC)CC(=O)N2. The third kappa shape index (κ3) is 2.73. The lowest BCUT2D eigenvalue weighted by atomic mass is 9.90. The number of fused-ring (bicyclic) bond motifs is 1. The molecule has 1 aromatic heterocycles. The molecular formula is C16H19N3O4S. The Morgan fingerprint density at radius 3 is 2.46 bits per heavy atom. The molecule has 2 N–H and O–H groups in total. The van der Waals surface area contributed by atoms with Crippen LogP contribution in [0, 0.1) is 0 Å². The molecule has 0 spiro atoms. The van der Waals surface area contributed by atoms with Gasteiger partial charge in [-0.2, -0.15) is 0 Å². The van der Waals surface area contributed by atoms with Crippen LogP contribution >= 0.6 is 11.3 Å². The maximum Gasteiger partial charge on any atom is 0.226 e. The zero-order valence-corrected chi connectivity index (χ0v) is 14.7. The minimum Gasteiger partial charge on any atom is -0.496 e. The van der Waals surface area contributed by atoms with Gasteiger partial charge in [0.05, 0.1) is 26.2 Å². The number of carbonyl (C=O) groups excluding carboxylic acids is 1. The number of hydrogen-bond donors (Lipinski definition) is 2. The number of amides is 1. The van der Waals surface area contributed by atoms with Gasteiger partial charge in [0.2, 0.25) is 5.91 Å². The van der Waals surface area contributed by atoms with Gasteiger partial charge < -0.3 is 24.8 Å². The molecule has 1 aromatic carbocycles. The van der Waals surface area contributed by atoms with Crippen LogP contribution in [0.4, 0.5) is 10.9 Å². The fourth-order valence-corrected chi connectivity index (χ4v) is 3.80. The highest BCUT2D eigenvalue weighted by molar-refractivity contribution is 7.16. The number of methoxy groups -OCH3 is 3. The number of ether oxygens (including phenoxy) is 3. The van der Waals surface area contributed by atoms with Crippen LogP contribution in [0.15, 0.2) is 12.1 Å². The molecule has 0 saturated carbocycles. The van der Waals surface area contributed by atoms with Gasteiger partial charge in [0.1, 0.15) is 11.6 Å². The summed E-state index contributed by atoms with van der Waals surface area (Å²) in [6, 6.07) is 3.64. The maximum atomic E-state index is 12.1. The third-order valence-corrected chi connectivity index (χ3v) is 5.13. The molecule has 8 heteroatoms. The van der Waals surface area contributed by atoms with E-state index < -0.39 is 0 Å². The topological polar surface area (TPSA) is 81.7 Å². The summed E-state index contributed by atoms with van der Waals surface area (Å²) in [7, 11) is 6.56. The number of rotatable bonds is 5. The highest BCUT2D eigenvalue weighted by Gasteiger charge is 2.33. The first-order valence-electron chi connectivity index (χ1n) is 7.39. The summed E-state index contributed by atoms with van der Waals surface area (Å²) >= 11 is 1.52. The average Bonchev–Trinajstić information content (AvgIpc) is 3.02. The Morgan fingerprint density at radius 2 is 1.83 bits per heavy atom. The largest absolute Gasteiger partial charge is 0.496 e. The van der Waals surface area contributed by atoms with Gasteiger partial charge >= 0.3 is 0 Å². The number of aromatic nitrogens is 1. The molecule has 0 aliphatic carbocycles. The molecule has 0 bridgehead atoms. The number of nitrogens with one attached hydrogen (secondary N) is 2. The smallest absolute Gasteiger partial charge is 0.226 e.